The van der Waals surface area contributed by atoms with Crippen molar-refractivity contribution in [2.75, 3.05) is 20.3 Å². The molecule has 1 aromatic carbocycles. The van der Waals surface area contributed by atoms with Crippen LogP contribution in [0.3, 0.4) is 0 Å². The molecule has 0 saturated carbocycles. The van der Waals surface area contributed by atoms with Crippen LogP contribution in [0.5, 0.6) is 0 Å². The lowest BCUT2D eigenvalue weighted by Gasteiger charge is -2.07. The highest BCUT2D eigenvalue weighted by atomic mass is 19.1. The van der Waals surface area contributed by atoms with Crippen LogP contribution in [0.2, 0.25) is 0 Å². The fourth-order valence-corrected chi connectivity index (χ4v) is 1.27. The van der Waals surface area contributed by atoms with Crippen LogP contribution in [0.1, 0.15) is 12.0 Å². The number of methoxy groups -OCH3 is 1. The summed E-state index contributed by atoms with van der Waals surface area (Å²) in [6.07, 6.45) is 0.778. The minimum Gasteiger partial charge on any atom is -0.385 e. The third-order valence-corrected chi connectivity index (χ3v) is 2.18. The second kappa shape index (κ2) is 7.62. The van der Waals surface area contributed by atoms with Gasteiger partial charge in [0.1, 0.15) is 5.82 Å². The van der Waals surface area contributed by atoms with Crippen molar-refractivity contribution in [3.63, 3.8) is 0 Å². The molecule has 2 amide bonds. The van der Waals surface area contributed by atoms with Crippen molar-refractivity contribution in [3.8, 4) is 0 Å². The molecular weight excluding hydrogens is 223 g/mol. The number of hydrogen-bond acceptors (Lipinski definition) is 2. The number of ether oxygens (including phenoxy) is 1. The monoisotopic (exact) mass is 240 g/mol. The van der Waals surface area contributed by atoms with E-state index in [1.54, 1.807) is 19.2 Å². The molecule has 0 aliphatic carbocycles. The Morgan fingerprint density at radius 2 is 2.00 bits per heavy atom. The summed E-state index contributed by atoms with van der Waals surface area (Å²) >= 11 is 0. The Hall–Kier alpha value is -1.62. The van der Waals surface area contributed by atoms with E-state index in [0.29, 0.717) is 19.7 Å². The topological polar surface area (TPSA) is 50.4 Å². The first-order valence-electron chi connectivity index (χ1n) is 5.47. The van der Waals surface area contributed by atoms with Crippen LogP contribution in [0.15, 0.2) is 24.3 Å². The van der Waals surface area contributed by atoms with E-state index in [1.165, 1.54) is 12.1 Å². The average Bonchev–Trinajstić information content (AvgIpc) is 2.34. The highest BCUT2D eigenvalue weighted by Gasteiger charge is 1.99. The van der Waals surface area contributed by atoms with Gasteiger partial charge in [-0.2, -0.15) is 0 Å². The predicted octanol–water partition coefficient (Wildman–Crippen LogP) is 1.66. The van der Waals surface area contributed by atoms with Gasteiger partial charge in [0.2, 0.25) is 0 Å². The third-order valence-electron chi connectivity index (χ3n) is 2.18. The molecule has 1 aromatic rings. The number of carbonyl (C=O) groups is 1. The molecule has 0 aliphatic heterocycles. The summed E-state index contributed by atoms with van der Waals surface area (Å²) in [5, 5.41) is 5.38. The molecule has 0 fully saturated rings. The maximum atomic E-state index is 12.6. The first kappa shape index (κ1) is 13.4. The van der Waals surface area contributed by atoms with Crippen LogP contribution in [0.25, 0.3) is 0 Å². The lowest BCUT2D eigenvalue weighted by molar-refractivity contribution is 0.193. The smallest absolute Gasteiger partial charge is 0.315 e. The Kier molecular flexibility index (Phi) is 6.03. The van der Waals surface area contributed by atoms with Crippen LogP contribution < -0.4 is 10.6 Å². The Labute approximate surface area is 100 Å². The van der Waals surface area contributed by atoms with Crippen molar-refractivity contribution in [1.29, 1.82) is 0 Å². The van der Waals surface area contributed by atoms with E-state index in [2.05, 4.69) is 10.6 Å². The number of nitrogens with one attached hydrogen (secondary N) is 2. The molecule has 0 aliphatic rings. The lowest BCUT2D eigenvalue weighted by Crippen LogP contribution is -2.35. The summed E-state index contributed by atoms with van der Waals surface area (Å²) in [5.74, 6) is -0.280. The number of hydrogen-bond donors (Lipinski definition) is 2. The van der Waals surface area contributed by atoms with Crippen LogP contribution >= 0.6 is 0 Å². The molecule has 0 bridgehead atoms. The first-order chi connectivity index (χ1) is 8.22. The standard InChI is InChI=1S/C12H17FN2O2/c1-17-8-2-7-14-12(16)15-9-10-3-5-11(13)6-4-10/h3-6H,2,7-9H2,1H3,(H2,14,15,16). The number of benzene rings is 1. The minimum atomic E-state index is -0.280. The molecule has 94 valence electrons. The van der Waals surface area contributed by atoms with E-state index in [0.717, 1.165) is 12.0 Å². The normalized spacial score (nSPS) is 10.0. The Morgan fingerprint density at radius 1 is 1.29 bits per heavy atom. The van der Waals surface area contributed by atoms with Gasteiger partial charge in [-0.3, -0.25) is 0 Å². The van der Waals surface area contributed by atoms with Gasteiger partial charge in [0, 0.05) is 26.8 Å². The number of urea groups is 1. The Bertz CT molecular complexity index is 341. The zero-order valence-corrected chi connectivity index (χ0v) is 9.83. The van der Waals surface area contributed by atoms with Gasteiger partial charge < -0.3 is 15.4 Å². The summed E-state index contributed by atoms with van der Waals surface area (Å²) in [7, 11) is 1.62. The van der Waals surface area contributed by atoms with Gasteiger partial charge in [-0.05, 0) is 24.1 Å². The second-order valence-electron chi connectivity index (χ2n) is 3.58. The van der Waals surface area contributed by atoms with Crippen molar-refractivity contribution < 1.29 is 13.9 Å². The molecule has 17 heavy (non-hydrogen) atoms. The summed E-state index contributed by atoms with van der Waals surface area (Å²) in [6.45, 7) is 1.58. The van der Waals surface area contributed by atoms with E-state index in [1.807, 2.05) is 0 Å². The minimum absolute atomic E-state index is 0.231. The molecule has 0 saturated heterocycles. The second-order valence-corrected chi connectivity index (χ2v) is 3.58. The highest BCUT2D eigenvalue weighted by molar-refractivity contribution is 5.73. The number of amides is 2. The summed E-state index contributed by atoms with van der Waals surface area (Å²) < 4.78 is 17.5. The molecule has 5 heteroatoms. The summed E-state index contributed by atoms with van der Waals surface area (Å²) in [6, 6.07) is 5.78. The molecule has 4 nitrogen and oxygen atoms in total. The van der Waals surface area contributed by atoms with Crippen LogP contribution in [-0.4, -0.2) is 26.3 Å². The summed E-state index contributed by atoms with van der Waals surface area (Å²) in [4.78, 5) is 11.3. The fraction of sp³-hybridized carbons (Fsp3) is 0.417. The molecule has 0 atom stereocenters. The summed E-state index contributed by atoms with van der Waals surface area (Å²) in [5.41, 5.74) is 0.860. The van der Waals surface area contributed by atoms with E-state index in [-0.39, 0.29) is 11.8 Å². The first-order valence-corrected chi connectivity index (χ1v) is 5.47. The van der Waals surface area contributed by atoms with Crippen LogP contribution in [-0.2, 0) is 11.3 Å². The van der Waals surface area contributed by atoms with Crippen molar-refractivity contribution in [1.82, 2.24) is 10.6 Å². The quantitative estimate of drug-likeness (QED) is 0.743. The van der Waals surface area contributed by atoms with Gasteiger partial charge in [0.15, 0.2) is 0 Å². The van der Waals surface area contributed by atoms with E-state index in [4.69, 9.17) is 4.74 Å². The van der Waals surface area contributed by atoms with Crippen molar-refractivity contribution in [3.05, 3.63) is 35.6 Å². The van der Waals surface area contributed by atoms with Gasteiger partial charge in [0.05, 0.1) is 0 Å². The average molecular weight is 240 g/mol. The van der Waals surface area contributed by atoms with Gasteiger partial charge >= 0.3 is 6.03 Å². The molecule has 0 spiro atoms. The van der Waals surface area contributed by atoms with E-state index in [9.17, 15) is 9.18 Å². The molecule has 1 rings (SSSR count). The maximum absolute atomic E-state index is 12.6. The predicted molar refractivity (Wildman–Crippen MR) is 63.1 cm³/mol. The molecule has 0 radical (unpaired) electrons. The zero-order chi connectivity index (χ0) is 12.5. The number of halogens is 1. The van der Waals surface area contributed by atoms with Crippen LogP contribution in [0, 0.1) is 5.82 Å². The lowest BCUT2D eigenvalue weighted by atomic mass is 10.2. The SMILES string of the molecule is COCCCNC(=O)NCc1ccc(F)cc1. The van der Waals surface area contributed by atoms with Crippen molar-refractivity contribution >= 4 is 6.03 Å². The van der Waals surface area contributed by atoms with Gasteiger partial charge in [-0.25, -0.2) is 9.18 Å². The fourth-order valence-electron chi connectivity index (χ4n) is 1.27. The van der Waals surface area contributed by atoms with Crippen molar-refractivity contribution in [2.24, 2.45) is 0 Å². The molecular formula is C12H17FN2O2. The zero-order valence-electron chi connectivity index (χ0n) is 9.83. The van der Waals surface area contributed by atoms with Gasteiger partial charge in [0.25, 0.3) is 0 Å². The largest absolute Gasteiger partial charge is 0.385 e. The van der Waals surface area contributed by atoms with Gasteiger partial charge in [-0.15, -0.1) is 0 Å². The number of rotatable bonds is 6. The molecule has 0 unspecified atom stereocenters. The molecule has 0 heterocycles. The van der Waals surface area contributed by atoms with Crippen molar-refractivity contribution in [2.45, 2.75) is 13.0 Å². The molecule has 0 aromatic heterocycles. The van der Waals surface area contributed by atoms with E-state index < -0.39 is 0 Å². The molecule has 2 N–H and O–H groups in total. The Balaban J connectivity index is 2.17. The Morgan fingerprint density at radius 3 is 2.65 bits per heavy atom. The number of carbonyl (C=O) groups excluding carboxylic acids is 1. The van der Waals surface area contributed by atoms with Crippen LogP contribution in [0.4, 0.5) is 9.18 Å². The maximum Gasteiger partial charge on any atom is 0.315 e. The third kappa shape index (κ3) is 5.87. The van der Waals surface area contributed by atoms with E-state index >= 15 is 0 Å². The highest BCUT2D eigenvalue weighted by Crippen LogP contribution is 2.01. The van der Waals surface area contributed by atoms with Gasteiger partial charge in [-0.1, -0.05) is 12.1 Å².